The van der Waals surface area contributed by atoms with Gasteiger partial charge in [-0.25, -0.2) is 4.79 Å². The minimum absolute atomic E-state index is 0.208. The Kier molecular flexibility index (Phi) is 4.11. The van der Waals surface area contributed by atoms with Crippen LogP contribution in [0.4, 0.5) is 4.79 Å². The maximum atomic E-state index is 12.5. The number of carbonyl (C=O) groups is 2. The Bertz CT molecular complexity index is 975. The number of carbonyl (C=O) groups excluding carboxylic acids is 2. The lowest BCUT2D eigenvalue weighted by molar-refractivity contribution is -0.123. The Balaban J connectivity index is 1.54. The summed E-state index contributed by atoms with van der Waals surface area (Å²) < 4.78 is 5.77. The Morgan fingerprint density at radius 3 is 2.31 bits per heavy atom. The fourth-order valence-electron chi connectivity index (χ4n) is 2.81. The van der Waals surface area contributed by atoms with E-state index in [0.717, 1.165) is 11.1 Å². The topological polar surface area (TPSA) is 62.6 Å². The average molecular weight is 344 g/mol. The molecular weight excluding hydrogens is 328 g/mol. The van der Waals surface area contributed by atoms with Gasteiger partial charge < -0.3 is 9.73 Å². The van der Waals surface area contributed by atoms with Crippen molar-refractivity contribution in [2.45, 2.75) is 6.54 Å². The smallest absolute Gasteiger partial charge is 0.329 e. The van der Waals surface area contributed by atoms with Crippen LogP contribution in [0.3, 0.4) is 0 Å². The zero-order valence-corrected chi connectivity index (χ0v) is 13.9. The predicted octanol–water partition coefficient (Wildman–Crippen LogP) is 4.04. The second kappa shape index (κ2) is 6.72. The normalized spacial score (nSPS) is 15.5. The molecule has 1 saturated heterocycles. The van der Waals surface area contributed by atoms with Gasteiger partial charge in [0, 0.05) is 11.6 Å². The van der Waals surface area contributed by atoms with Crippen LogP contribution in [0.2, 0.25) is 0 Å². The van der Waals surface area contributed by atoms with Crippen LogP contribution in [0.25, 0.3) is 17.4 Å². The summed E-state index contributed by atoms with van der Waals surface area (Å²) in [6.45, 7) is 0.232. The molecule has 5 nitrogen and oxygen atoms in total. The van der Waals surface area contributed by atoms with Crippen LogP contribution in [0, 0.1) is 0 Å². The summed E-state index contributed by atoms with van der Waals surface area (Å²) in [7, 11) is 0. The molecule has 1 fully saturated rings. The summed E-state index contributed by atoms with van der Waals surface area (Å²) in [4.78, 5) is 25.9. The highest BCUT2D eigenvalue weighted by molar-refractivity contribution is 6.13. The number of imide groups is 1. The molecule has 0 saturated carbocycles. The van der Waals surface area contributed by atoms with Gasteiger partial charge in [0.2, 0.25) is 0 Å². The molecule has 1 aliphatic heterocycles. The number of hydrogen-bond acceptors (Lipinski definition) is 3. The molecule has 3 aromatic rings. The van der Waals surface area contributed by atoms with Gasteiger partial charge in [0.15, 0.2) is 0 Å². The van der Waals surface area contributed by atoms with E-state index in [0.29, 0.717) is 11.5 Å². The quantitative estimate of drug-likeness (QED) is 0.574. The molecule has 5 heteroatoms. The Morgan fingerprint density at radius 1 is 0.885 bits per heavy atom. The van der Waals surface area contributed by atoms with Crippen molar-refractivity contribution in [1.29, 1.82) is 0 Å². The lowest BCUT2D eigenvalue weighted by Gasteiger charge is -2.11. The van der Waals surface area contributed by atoms with Gasteiger partial charge in [0.05, 0.1) is 6.54 Å². The number of furan rings is 1. The number of benzene rings is 2. The molecule has 2 aromatic carbocycles. The maximum absolute atomic E-state index is 12.5. The van der Waals surface area contributed by atoms with Crippen LogP contribution < -0.4 is 5.32 Å². The van der Waals surface area contributed by atoms with Crippen molar-refractivity contribution in [3.63, 3.8) is 0 Å². The van der Waals surface area contributed by atoms with Crippen molar-refractivity contribution in [3.8, 4) is 11.3 Å². The molecule has 3 amide bonds. The first kappa shape index (κ1) is 15.9. The highest BCUT2D eigenvalue weighted by Gasteiger charge is 2.33. The third-order valence-electron chi connectivity index (χ3n) is 4.12. The summed E-state index contributed by atoms with van der Waals surface area (Å²) in [5.74, 6) is 0.848. The average Bonchev–Trinajstić information content (AvgIpc) is 3.24. The van der Waals surface area contributed by atoms with E-state index >= 15 is 0 Å². The molecule has 26 heavy (non-hydrogen) atoms. The van der Waals surface area contributed by atoms with Gasteiger partial charge in [0.25, 0.3) is 5.91 Å². The molecule has 0 spiro atoms. The zero-order chi connectivity index (χ0) is 17.9. The Hall–Kier alpha value is -3.60. The summed E-state index contributed by atoms with van der Waals surface area (Å²) in [6, 6.07) is 22.2. The van der Waals surface area contributed by atoms with E-state index in [4.69, 9.17) is 4.42 Å². The number of amides is 3. The molecule has 0 bridgehead atoms. The van der Waals surface area contributed by atoms with Gasteiger partial charge in [-0.05, 0) is 17.7 Å². The first-order chi connectivity index (χ1) is 12.7. The highest BCUT2D eigenvalue weighted by atomic mass is 16.3. The molecule has 1 N–H and O–H groups in total. The Morgan fingerprint density at radius 2 is 1.58 bits per heavy atom. The monoisotopic (exact) mass is 344 g/mol. The van der Waals surface area contributed by atoms with E-state index in [1.807, 2.05) is 66.7 Å². The standard InChI is InChI=1S/C21H16N2O3/c24-20-18(22-21(25)23(20)14-15-7-3-1-4-8-15)13-17-11-12-19(26-17)16-9-5-2-6-10-16/h1-13H,14H2,(H,22,25)/b18-13-. The first-order valence-electron chi connectivity index (χ1n) is 8.24. The first-order valence-corrected chi connectivity index (χ1v) is 8.24. The summed E-state index contributed by atoms with van der Waals surface area (Å²) in [5, 5.41) is 2.61. The second-order valence-electron chi connectivity index (χ2n) is 5.93. The number of hydrogen-bond donors (Lipinski definition) is 1. The molecule has 1 aromatic heterocycles. The molecular formula is C21H16N2O3. The molecule has 0 aliphatic carbocycles. The number of rotatable bonds is 4. The van der Waals surface area contributed by atoms with Crippen LogP contribution in [0.5, 0.6) is 0 Å². The van der Waals surface area contributed by atoms with Crippen molar-refractivity contribution < 1.29 is 14.0 Å². The van der Waals surface area contributed by atoms with E-state index in [1.165, 1.54) is 4.90 Å². The SMILES string of the molecule is O=C1N/C(=C\c2ccc(-c3ccccc3)o2)C(=O)N1Cc1ccccc1. The second-order valence-corrected chi connectivity index (χ2v) is 5.93. The van der Waals surface area contributed by atoms with Crippen LogP contribution in [0.1, 0.15) is 11.3 Å². The molecule has 0 unspecified atom stereocenters. The van der Waals surface area contributed by atoms with Gasteiger partial charge in [-0.15, -0.1) is 0 Å². The summed E-state index contributed by atoms with van der Waals surface area (Å²) >= 11 is 0. The van der Waals surface area contributed by atoms with Gasteiger partial charge in [-0.1, -0.05) is 60.7 Å². The molecule has 1 aliphatic rings. The largest absolute Gasteiger partial charge is 0.457 e. The van der Waals surface area contributed by atoms with E-state index in [2.05, 4.69) is 5.32 Å². The van der Waals surface area contributed by atoms with Crippen LogP contribution in [-0.4, -0.2) is 16.8 Å². The fraction of sp³-hybridized carbons (Fsp3) is 0.0476. The van der Waals surface area contributed by atoms with Crippen molar-refractivity contribution in [1.82, 2.24) is 10.2 Å². The van der Waals surface area contributed by atoms with Gasteiger partial charge in [-0.2, -0.15) is 0 Å². The highest BCUT2D eigenvalue weighted by Crippen LogP contribution is 2.24. The molecule has 2 heterocycles. The van der Waals surface area contributed by atoms with Crippen molar-refractivity contribution in [2.24, 2.45) is 0 Å². The van der Waals surface area contributed by atoms with Crippen molar-refractivity contribution in [3.05, 3.63) is 89.8 Å². The Labute approximate surface area is 150 Å². The number of urea groups is 1. The van der Waals surface area contributed by atoms with E-state index in [-0.39, 0.29) is 18.1 Å². The van der Waals surface area contributed by atoms with Gasteiger partial charge >= 0.3 is 6.03 Å². The van der Waals surface area contributed by atoms with Crippen LogP contribution in [0.15, 0.2) is 82.9 Å². The van der Waals surface area contributed by atoms with Crippen LogP contribution >= 0.6 is 0 Å². The van der Waals surface area contributed by atoms with Crippen molar-refractivity contribution in [2.75, 3.05) is 0 Å². The third kappa shape index (κ3) is 3.15. The third-order valence-corrected chi connectivity index (χ3v) is 4.12. The molecule has 0 atom stereocenters. The maximum Gasteiger partial charge on any atom is 0.329 e. The predicted molar refractivity (Wildman–Crippen MR) is 97.6 cm³/mol. The number of nitrogens with one attached hydrogen (secondary N) is 1. The van der Waals surface area contributed by atoms with E-state index in [1.54, 1.807) is 12.1 Å². The lowest BCUT2D eigenvalue weighted by atomic mass is 10.2. The van der Waals surface area contributed by atoms with Crippen molar-refractivity contribution >= 4 is 18.0 Å². The molecule has 128 valence electrons. The minimum atomic E-state index is -0.431. The summed E-state index contributed by atoms with van der Waals surface area (Å²) in [5.41, 5.74) is 2.05. The summed E-state index contributed by atoms with van der Waals surface area (Å²) in [6.07, 6.45) is 1.55. The number of nitrogens with zero attached hydrogens (tertiary/aromatic N) is 1. The zero-order valence-electron chi connectivity index (χ0n) is 13.9. The van der Waals surface area contributed by atoms with Gasteiger partial charge in [-0.3, -0.25) is 9.69 Å². The minimum Gasteiger partial charge on any atom is -0.457 e. The van der Waals surface area contributed by atoms with Crippen LogP contribution in [-0.2, 0) is 11.3 Å². The lowest BCUT2D eigenvalue weighted by Crippen LogP contribution is -2.30. The van der Waals surface area contributed by atoms with Gasteiger partial charge in [0.1, 0.15) is 17.2 Å². The molecule has 0 radical (unpaired) electrons. The van der Waals surface area contributed by atoms with E-state index < -0.39 is 6.03 Å². The fourth-order valence-corrected chi connectivity index (χ4v) is 2.81. The molecule has 4 rings (SSSR count). The van der Waals surface area contributed by atoms with E-state index in [9.17, 15) is 9.59 Å².